The number of halogens is 2. The summed E-state index contributed by atoms with van der Waals surface area (Å²) < 4.78 is 8.30. The lowest BCUT2D eigenvalue weighted by atomic mass is 10.0. The number of H-pyrrole nitrogens is 1. The number of aromatic amines is 1. The van der Waals surface area contributed by atoms with E-state index < -0.39 is 6.09 Å². The van der Waals surface area contributed by atoms with Gasteiger partial charge in [0.2, 0.25) is 0 Å². The lowest BCUT2D eigenvalue weighted by molar-refractivity contribution is 0.186. The van der Waals surface area contributed by atoms with Crippen molar-refractivity contribution in [3.05, 3.63) is 93.1 Å². The van der Waals surface area contributed by atoms with E-state index in [0.29, 0.717) is 46.5 Å². The Morgan fingerprint density at radius 1 is 1.14 bits per heavy atom. The second-order valence-corrected chi connectivity index (χ2v) is 10.5. The normalized spacial score (nSPS) is 14.2. The molecular formula is C28H24Cl2N8O4. The molecule has 0 bridgehead atoms. The van der Waals surface area contributed by atoms with Crippen LogP contribution in [0.2, 0.25) is 10.2 Å². The van der Waals surface area contributed by atoms with Crippen molar-refractivity contribution in [2.45, 2.75) is 18.9 Å². The number of amides is 1. The predicted molar refractivity (Wildman–Crippen MR) is 157 cm³/mol. The van der Waals surface area contributed by atoms with Gasteiger partial charge in [-0.25, -0.2) is 19.4 Å². The summed E-state index contributed by atoms with van der Waals surface area (Å²) in [5.74, 6) is 0.945. The van der Waals surface area contributed by atoms with E-state index in [0.717, 1.165) is 21.7 Å². The van der Waals surface area contributed by atoms with Crippen LogP contribution in [0, 0.1) is 0 Å². The molecule has 1 amide bonds. The van der Waals surface area contributed by atoms with Crippen molar-refractivity contribution in [3.63, 3.8) is 0 Å². The van der Waals surface area contributed by atoms with Gasteiger partial charge in [-0.3, -0.25) is 9.69 Å². The monoisotopic (exact) mass is 606 g/mol. The summed E-state index contributed by atoms with van der Waals surface area (Å²) in [7, 11) is 1.51. The molecule has 0 fully saturated rings. The van der Waals surface area contributed by atoms with E-state index >= 15 is 0 Å². The first-order valence-corrected chi connectivity index (χ1v) is 13.7. The van der Waals surface area contributed by atoms with Crippen molar-refractivity contribution < 1.29 is 14.6 Å². The van der Waals surface area contributed by atoms with Gasteiger partial charge in [-0.1, -0.05) is 28.4 Å². The van der Waals surface area contributed by atoms with E-state index in [1.807, 2.05) is 6.07 Å². The van der Waals surface area contributed by atoms with Crippen molar-refractivity contribution in [1.82, 2.24) is 34.5 Å². The Morgan fingerprint density at radius 3 is 2.71 bits per heavy atom. The maximum absolute atomic E-state index is 13.5. The smallest absolute Gasteiger partial charge is 0.413 e. The third kappa shape index (κ3) is 5.27. The van der Waals surface area contributed by atoms with Crippen LogP contribution in [-0.2, 0) is 11.2 Å². The van der Waals surface area contributed by atoms with Gasteiger partial charge in [0, 0.05) is 41.2 Å². The summed E-state index contributed by atoms with van der Waals surface area (Å²) in [4.78, 5) is 38.4. The third-order valence-electron chi connectivity index (χ3n) is 7.11. The Morgan fingerprint density at radius 2 is 2.00 bits per heavy atom. The molecular weight excluding hydrogens is 583 g/mol. The lowest BCUT2D eigenvalue weighted by Gasteiger charge is -2.17. The molecule has 1 aliphatic heterocycles. The minimum Gasteiger partial charge on any atom is -0.465 e. The van der Waals surface area contributed by atoms with Gasteiger partial charge in [0.15, 0.2) is 5.15 Å². The summed E-state index contributed by atoms with van der Waals surface area (Å²) in [5, 5.41) is 18.2. The highest BCUT2D eigenvalue weighted by Gasteiger charge is 2.28. The largest absolute Gasteiger partial charge is 0.465 e. The number of anilines is 1. The maximum atomic E-state index is 13.5. The summed E-state index contributed by atoms with van der Waals surface area (Å²) in [6, 6.07) is 12.0. The summed E-state index contributed by atoms with van der Waals surface area (Å²) in [6.07, 6.45) is 5.12. The molecule has 42 heavy (non-hydrogen) atoms. The van der Waals surface area contributed by atoms with E-state index in [9.17, 15) is 14.7 Å². The molecule has 0 saturated heterocycles. The zero-order chi connectivity index (χ0) is 29.4. The molecule has 12 nitrogen and oxygen atoms in total. The van der Waals surface area contributed by atoms with Crippen molar-refractivity contribution in [1.29, 1.82) is 0 Å². The number of hydrogen-bond acceptors (Lipinski definition) is 7. The molecule has 5 heterocycles. The number of imidazole rings is 1. The van der Waals surface area contributed by atoms with Crippen molar-refractivity contribution in [2.75, 3.05) is 25.2 Å². The number of ether oxygens (including phenoxy) is 1. The molecule has 1 aliphatic rings. The van der Waals surface area contributed by atoms with Crippen molar-refractivity contribution in [3.8, 4) is 28.1 Å². The number of carboxylic acid groups (broad SMARTS) is 1. The van der Waals surface area contributed by atoms with Gasteiger partial charge in [0.05, 0.1) is 43.0 Å². The maximum Gasteiger partial charge on any atom is 0.413 e. The zero-order valence-corrected chi connectivity index (χ0v) is 23.7. The number of pyridine rings is 2. The number of aryl methyl sites for hydroxylation is 1. The summed E-state index contributed by atoms with van der Waals surface area (Å²) in [5.41, 5.74) is 4.28. The van der Waals surface area contributed by atoms with Crippen LogP contribution in [0.4, 0.5) is 10.6 Å². The zero-order valence-electron chi connectivity index (χ0n) is 22.2. The highest BCUT2D eigenvalue weighted by molar-refractivity contribution is 6.31. The molecule has 214 valence electrons. The fraction of sp³-hybridized carbons (Fsp3) is 0.214. The molecule has 0 radical (unpaired) electrons. The van der Waals surface area contributed by atoms with E-state index in [4.69, 9.17) is 27.9 Å². The number of benzene rings is 1. The Balaban J connectivity index is 1.28. The Bertz CT molecular complexity index is 1830. The van der Waals surface area contributed by atoms with Gasteiger partial charge in [0.25, 0.3) is 5.56 Å². The molecule has 4 aromatic heterocycles. The highest BCUT2D eigenvalue weighted by atomic mass is 35.5. The first kappa shape index (κ1) is 27.6. The Kier molecular flexibility index (Phi) is 7.50. The Labute approximate surface area is 249 Å². The van der Waals surface area contributed by atoms with Crippen molar-refractivity contribution in [2.24, 2.45) is 0 Å². The molecule has 0 spiro atoms. The molecule has 1 atom stereocenters. The number of rotatable bonds is 8. The number of methoxy groups -OCH3 is 1. The number of hydrogen-bond donors (Lipinski definition) is 2. The SMILES string of the molecule is COCCN(C(=O)O)c1ccc(-c2cnc([C@@H]3CCc4cc(-c5cc(Cl)ccc5-n5cc(Cl)nn5)cc(=O)n43)[nH]2)cn1. The second kappa shape index (κ2) is 11.4. The van der Waals surface area contributed by atoms with E-state index in [1.165, 1.54) is 7.11 Å². The number of nitrogens with zero attached hydrogens (tertiary/aromatic N) is 7. The first-order chi connectivity index (χ1) is 20.3. The molecule has 2 N–H and O–H groups in total. The van der Waals surface area contributed by atoms with Gasteiger partial charge >= 0.3 is 6.09 Å². The van der Waals surface area contributed by atoms with Gasteiger partial charge in [-0.05, 0) is 54.8 Å². The number of carbonyl (C=O) groups is 1. The van der Waals surface area contributed by atoms with Crippen LogP contribution >= 0.6 is 23.2 Å². The van der Waals surface area contributed by atoms with E-state index in [-0.39, 0.29) is 29.9 Å². The standard InChI is InChI=1S/C28H24Cl2N8O4/c1-42-9-8-36(28(40)41)25-7-2-16(13-31-25)21-14-32-27(33-21)23-6-4-19-10-17(11-26(39)38(19)23)20-12-18(29)3-5-22(20)37-15-24(30)34-35-37/h2-3,5,7,10-15,23H,4,6,8-9H2,1H3,(H,32,33)(H,40,41)/t23-/m0/s1. The third-order valence-corrected chi connectivity index (χ3v) is 7.52. The first-order valence-electron chi connectivity index (χ1n) is 13.0. The van der Waals surface area contributed by atoms with Gasteiger partial charge in [0.1, 0.15) is 11.6 Å². The summed E-state index contributed by atoms with van der Waals surface area (Å²) >= 11 is 12.3. The molecule has 0 aliphatic carbocycles. The van der Waals surface area contributed by atoms with Gasteiger partial charge in [-0.2, -0.15) is 0 Å². The van der Waals surface area contributed by atoms with E-state index in [2.05, 4.69) is 25.3 Å². The molecule has 5 aromatic rings. The molecule has 0 unspecified atom stereocenters. The number of fused-ring (bicyclic) bond motifs is 1. The molecule has 0 saturated carbocycles. The minimum atomic E-state index is -1.11. The number of aromatic nitrogens is 7. The lowest BCUT2D eigenvalue weighted by Crippen LogP contribution is -2.33. The van der Waals surface area contributed by atoms with Gasteiger partial charge < -0.3 is 19.4 Å². The van der Waals surface area contributed by atoms with Crippen LogP contribution in [0.25, 0.3) is 28.1 Å². The second-order valence-electron chi connectivity index (χ2n) is 9.66. The van der Waals surface area contributed by atoms with E-state index in [1.54, 1.807) is 64.2 Å². The van der Waals surface area contributed by atoms with Crippen LogP contribution in [-0.4, -0.2) is 66.0 Å². The predicted octanol–water partition coefficient (Wildman–Crippen LogP) is 4.85. The van der Waals surface area contributed by atoms with Crippen LogP contribution in [0.15, 0.2) is 65.8 Å². The van der Waals surface area contributed by atoms with Crippen LogP contribution in [0.1, 0.15) is 24.0 Å². The fourth-order valence-corrected chi connectivity index (χ4v) is 5.46. The minimum absolute atomic E-state index is 0.164. The van der Waals surface area contributed by atoms with Crippen LogP contribution in [0.5, 0.6) is 0 Å². The number of nitrogens with one attached hydrogen (secondary N) is 1. The average molecular weight is 607 g/mol. The Hall–Kier alpha value is -4.52. The average Bonchev–Trinajstić information content (AvgIpc) is 3.73. The summed E-state index contributed by atoms with van der Waals surface area (Å²) in [6.45, 7) is 0.414. The fourth-order valence-electron chi connectivity index (χ4n) is 5.16. The quantitative estimate of drug-likeness (QED) is 0.255. The van der Waals surface area contributed by atoms with Crippen LogP contribution in [0.3, 0.4) is 0 Å². The molecule has 6 rings (SSSR count). The topological polar surface area (TPSA) is 144 Å². The molecule has 1 aromatic carbocycles. The molecule has 14 heteroatoms. The van der Waals surface area contributed by atoms with Crippen molar-refractivity contribution >= 4 is 35.1 Å². The van der Waals surface area contributed by atoms with Gasteiger partial charge in [-0.15, -0.1) is 5.10 Å². The van der Waals surface area contributed by atoms with Crippen LogP contribution < -0.4 is 10.5 Å². The highest BCUT2D eigenvalue weighted by Crippen LogP contribution is 2.34.